The first-order chi connectivity index (χ1) is 14.0. The lowest BCUT2D eigenvalue weighted by Gasteiger charge is -2.21. The third-order valence-electron chi connectivity index (χ3n) is 4.38. The summed E-state index contributed by atoms with van der Waals surface area (Å²) in [6.07, 6.45) is 2.15. The second-order valence-corrected chi connectivity index (χ2v) is 8.22. The number of halogens is 1. The van der Waals surface area contributed by atoms with Gasteiger partial charge in [-0.1, -0.05) is 12.1 Å². The Labute approximate surface area is 199 Å². The van der Waals surface area contributed by atoms with Gasteiger partial charge in [0.05, 0.1) is 23.8 Å². The first-order valence-electron chi connectivity index (χ1n) is 9.95. The molecular formula is C21H30IN5O2S. The summed E-state index contributed by atoms with van der Waals surface area (Å²) in [6.45, 7) is 6.12. The molecule has 1 aliphatic carbocycles. The summed E-state index contributed by atoms with van der Waals surface area (Å²) in [5, 5.41) is 9.40. The van der Waals surface area contributed by atoms with Crippen molar-refractivity contribution in [2.24, 2.45) is 4.99 Å². The molecule has 30 heavy (non-hydrogen) atoms. The Hall–Kier alpha value is -1.88. The van der Waals surface area contributed by atoms with Crippen molar-refractivity contribution in [1.82, 2.24) is 20.5 Å². The smallest absolute Gasteiger partial charge is 0.258 e. The van der Waals surface area contributed by atoms with Crippen LogP contribution in [0.4, 0.5) is 0 Å². The van der Waals surface area contributed by atoms with E-state index in [-0.39, 0.29) is 36.5 Å². The summed E-state index contributed by atoms with van der Waals surface area (Å²) < 4.78 is 5.63. The second-order valence-electron chi connectivity index (χ2n) is 7.16. The molecule has 1 aromatic heterocycles. The highest BCUT2D eigenvalue weighted by Gasteiger charge is 2.23. The van der Waals surface area contributed by atoms with E-state index in [1.807, 2.05) is 38.2 Å². The van der Waals surface area contributed by atoms with Crippen molar-refractivity contribution in [3.63, 3.8) is 0 Å². The molecule has 1 aromatic carbocycles. The number of rotatable bonds is 9. The highest BCUT2D eigenvalue weighted by molar-refractivity contribution is 14.0. The maximum atomic E-state index is 11.8. The topological polar surface area (TPSA) is 78.9 Å². The molecule has 164 valence electrons. The molecule has 2 N–H and O–H groups in total. The predicted octanol–water partition coefficient (Wildman–Crippen LogP) is 3.32. The molecule has 9 heteroatoms. The van der Waals surface area contributed by atoms with Crippen molar-refractivity contribution in [3.8, 4) is 5.75 Å². The van der Waals surface area contributed by atoms with Crippen LogP contribution in [0.5, 0.6) is 5.75 Å². The first kappa shape index (κ1) is 24.4. The van der Waals surface area contributed by atoms with E-state index in [2.05, 4.69) is 32.8 Å². The van der Waals surface area contributed by atoms with E-state index in [0.29, 0.717) is 24.9 Å². The third-order valence-corrected chi connectivity index (χ3v) is 5.21. The van der Waals surface area contributed by atoms with Gasteiger partial charge in [-0.15, -0.1) is 35.3 Å². The Morgan fingerprint density at radius 2 is 2.20 bits per heavy atom. The summed E-state index contributed by atoms with van der Waals surface area (Å²) in [5.41, 5.74) is 2.07. The minimum atomic E-state index is -0.0655. The van der Waals surface area contributed by atoms with Crippen LogP contribution in [0, 0.1) is 6.92 Å². The molecule has 3 rings (SSSR count). The standard InChI is InChI=1S/C21H29N5O2S.HI/c1-4-22-21(26(3)12-18-14-29-15(2)24-18)23-11-16-6-5-7-19(10-16)28-13-20(27)25-17-8-9-17;/h5-7,10,14,17H,4,8-9,11-13H2,1-3H3,(H,22,23)(H,25,27);1H. The lowest BCUT2D eigenvalue weighted by atomic mass is 10.2. The summed E-state index contributed by atoms with van der Waals surface area (Å²) in [6, 6.07) is 8.07. The fraction of sp³-hybridized carbons (Fsp3) is 0.476. The zero-order valence-corrected chi connectivity index (χ0v) is 20.8. The molecule has 0 radical (unpaired) electrons. The molecule has 1 amide bonds. The third kappa shape index (κ3) is 8.10. The van der Waals surface area contributed by atoms with Crippen LogP contribution in [0.25, 0.3) is 0 Å². The number of aromatic nitrogens is 1. The van der Waals surface area contributed by atoms with Gasteiger partial charge in [-0.25, -0.2) is 9.98 Å². The number of amides is 1. The van der Waals surface area contributed by atoms with E-state index in [4.69, 9.17) is 9.73 Å². The van der Waals surface area contributed by atoms with Crippen LogP contribution < -0.4 is 15.4 Å². The van der Waals surface area contributed by atoms with Gasteiger partial charge in [0.15, 0.2) is 12.6 Å². The minimum absolute atomic E-state index is 0. The number of aliphatic imine (C=N–C) groups is 1. The number of nitrogens with one attached hydrogen (secondary N) is 2. The van der Waals surface area contributed by atoms with Crippen LogP contribution in [-0.4, -0.2) is 48.0 Å². The largest absolute Gasteiger partial charge is 0.484 e. The lowest BCUT2D eigenvalue weighted by Crippen LogP contribution is -2.38. The molecule has 0 bridgehead atoms. The fourth-order valence-corrected chi connectivity index (χ4v) is 3.42. The van der Waals surface area contributed by atoms with Gasteiger partial charge >= 0.3 is 0 Å². The van der Waals surface area contributed by atoms with E-state index in [9.17, 15) is 4.79 Å². The maximum Gasteiger partial charge on any atom is 0.258 e. The molecule has 2 aromatic rings. The predicted molar refractivity (Wildman–Crippen MR) is 132 cm³/mol. The molecule has 0 atom stereocenters. The molecule has 1 aliphatic rings. The molecule has 0 unspecified atom stereocenters. The van der Waals surface area contributed by atoms with E-state index in [0.717, 1.165) is 41.6 Å². The number of carbonyl (C=O) groups is 1. The van der Waals surface area contributed by atoms with Gasteiger partial charge in [-0.2, -0.15) is 0 Å². The second kappa shape index (κ2) is 12.1. The van der Waals surface area contributed by atoms with Gasteiger partial charge in [0.25, 0.3) is 5.91 Å². The monoisotopic (exact) mass is 543 g/mol. The molecule has 1 saturated carbocycles. The number of nitrogens with zero attached hydrogens (tertiary/aromatic N) is 3. The van der Waals surface area contributed by atoms with Crippen LogP contribution >= 0.6 is 35.3 Å². The average molecular weight is 543 g/mol. The van der Waals surface area contributed by atoms with Gasteiger partial charge in [0.1, 0.15) is 5.75 Å². The first-order valence-corrected chi connectivity index (χ1v) is 10.8. The maximum absolute atomic E-state index is 11.8. The zero-order chi connectivity index (χ0) is 20.6. The van der Waals surface area contributed by atoms with Gasteiger partial charge < -0.3 is 20.3 Å². The Bertz CT molecular complexity index is 853. The van der Waals surface area contributed by atoms with Crippen LogP contribution in [0.15, 0.2) is 34.6 Å². The minimum Gasteiger partial charge on any atom is -0.484 e. The fourth-order valence-electron chi connectivity index (χ4n) is 2.81. The highest BCUT2D eigenvalue weighted by Crippen LogP contribution is 2.19. The van der Waals surface area contributed by atoms with Crippen molar-refractivity contribution in [3.05, 3.63) is 45.9 Å². The van der Waals surface area contributed by atoms with Crippen LogP contribution in [0.1, 0.15) is 36.0 Å². The number of ether oxygens (including phenoxy) is 1. The molecule has 1 heterocycles. The number of thiazole rings is 1. The highest BCUT2D eigenvalue weighted by atomic mass is 127. The Balaban J connectivity index is 0.00000320. The van der Waals surface area contributed by atoms with Crippen molar-refractivity contribution >= 4 is 47.2 Å². The Kier molecular flexibility index (Phi) is 9.83. The number of benzene rings is 1. The molecule has 0 saturated heterocycles. The van der Waals surface area contributed by atoms with Gasteiger partial charge in [0.2, 0.25) is 0 Å². The average Bonchev–Trinajstić information content (AvgIpc) is 3.43. The van der Waals surface area contributed by atoms with Gasteiger partial charge in [-0.3, -0.25) is 4.79 Å². The van der Waals surface area contributed by atoms with Crippen molar-refractivity contribution < 1.29 is 9.53 Å². The van der Waals surface area contributed by atoms with Crippen molar-refractivity contribution in [2.45, 2.75) is 45.8 Å². The van der Waals surface area contributed by atoms with E-state index < -0.39 is 0 Å². The van der Waals surface area contributed by atoms with Crippen LogP contribution in [0.2, 0.25) is 0 Å². The van der Waals surface area contributed by atoms with Crippen LogP contribution in [0.3, 0.4) is 0 Å². The van der Waals surface area contributed by atoms with Gasteiger partial charge in [0, 0.05) is 25.0 Å². The van der Waals surface area contributed by atoms with Crippen LogP contribution in [-0.2, 0) is 17.9 Å². The zero-order valence-electron chi connectivity index (χ0n) is 17.7. The summed E-state index contributed by atoms with van der Waals surface area (Å²) >= 11 is 1.66. The van der Waals surface area contributed by atoms with E-state index in [1.54, 1.807) is 11.3 Å². The van der Waals surface area contributed by atoms with Crippen molar-refractivity contribution in [2.75, 3.05) is 20.2 Å². The van der Waals surface area contributed by atoms with Gasteiger partial charge in [-0.05, 0) is 44.4 Å². The number of hydrogen-bond acceptors (Lipinski definition) is 5. The van der Waals surface area contributed by atoms with E-state index >= 15 is 0 Å². The Morgan fingerprint density at radius 3 is 2.87 bits per heavy atom. The molecule has 7 nitrogen and oxygen atoms in total. The number of guanidine groups is 1. The molecule has 0 aliphatic heterocycles. The Morgan fingerprint density at radius 1 is 1.40 bits per heavy atom. The number of hydrogen-bond donors (Lipinski definition) is 2. The number of carbonyl (C=O) groups excluding carboxylic acids is 1. The normalized spacial score (nSPS) is 13.4. The summed E-state index contributed by atoms with van der Waals surface area (Å²) in [7, 11) is 2.01. The molecule has 0 spiro atoms. The lowest BCUT2D eigenvalue weighted by molar-refractivity contribution is -0.123. The summed E-state index contributed by atoms with van der Waals surface area (Å²) in [5.74, 6) is 1.44. The number of aryl methyl sites for hydroxylation is 1. The quantitative estimate of drug-likeness (QED) is 0.288. The van der Waals surface area contributed by atoms with E-state index in [1.165, 1.54) is 0 Å². The SMILES string of the molecule is CCNC(=NCc1cccc(OCC(=O)NC2CC2)c1)N(C)Cc1csc(C)n1.I. The molecule has 1 fully saturated rings. The molecular weight excluding hydrogens is 513 g/mol. The van der Waals surface area contributed by atoms with Crippen molar-refractivity contribution in [1.29, 1.82) is 0 Å². The summed E-state index contributed by atoms with van der Waals surface area (Å²) in [4.78, 5) is 23.1.